The highest BCUT2D eigenvalue weighted by molar-refractivity contribution is 7.99. The van der Waals surface area contributed by atoms with Gasteiger partial charge in [-0.05, 0) is 42.0 Å². The van der Waals surface area contributed by atoms with Crippen molar-refractivity contribution in [2.24, 2.45) is 14.1 Å². The Hall–Kier alpha value is -2.84. The summed E-state index contributed by atoms with van der Waals surface area (Å²) in [7, 11) is 3.02. The lowest BCUT2D eigenvalue weighted by molar-refractivity contribution is 0.625. The number of halogens is 2. The van der Waals surface area contributed by atoms with E-state index < -0.39 is 11.2 Å². The summed E-state index contributed by atoms with van der Waals surface area (Å²) in [5.74, 6) is -0.335. The molecule has 4 aromatic rings. The predicted molar refractivity (Wildman–Crippen MR) is 111 cm³/mol. The Balaban J connectivity index is 1.93. The van der Waals surface area contributed by atoms with E-state index in [0.29, 0.717) is 27.9 Å². The molecule has 2 aromatic carbocycles. The van der Waals surface area contributed by atoms with Crippen LogP contribution in [-0.2, 0) is 20.6 Å². The van der Waals surface area contributed by atoms with Crippen molar-refractivity contribution in [1.82, 2.24) is 18.7 Å². The van der Waals surface area contributed by atoms with Crippen molar-refractivity contribution in [3.8, 4) is 0 Å². The zero-order valence-electron chi connectivity index (χ0n) is 15.6. The highest BCUT2D eigenvalue weighted by Gasteiger charge is 2.20. The molecule has 0 bridgehead atoms. The summed E-state index contributed by atoms with van der Waals surface area (Å²) in [6.45, 7) is 0.306. The number of fused-ring (bicyclic) bond motifs is 1. The molecule has 0 aliphatic rings. The van der Waals surface area contributed by atoms with Crippen LogP contribution in [0.1, 0.15) is 5.56 Å². The summed E-state index contributed by atoms with van der Waals surface area (Å²) in [5, 5.41) is 1.16. The Bertz CT molecular complexity index is 1320. The minimum absolute atomic E-state index is 0.302. The molecule has 0 unspecified atom stereocenters. The number of hydrogen-bond donors (Lipinski definition) is 0. The van der Waals surface area contributed by atoms with E-state index in [4.69, 9.17) is 11.6 Å². The summed E-state index contributed by atoms with van der Waals surface area (Å²) in [5.41, 5.74) is 0.546. The molecule has 29 heavy (non-hydrogen) atoms. The smallest absolute Gasteiger partial charge is 0.308 e. The highest BCUT2D eigenvalue weighted by Crippen LogP contribution is 2.30. The van der Waals surface area contributed by atoms with Crippen LogP contribution in [0.2, 0.25) is 5.02 Å². The summed E-state index contributed by atoms with van der Waals surface area (Å²) >= 11 is 7.32. The Labute approximate surface area is 174 Å². The molecule has 148 valence electrons. The molecule has 0 N–H and O–H groups in total. The third kappa shape index (κ3) is 3.61. The van der Waals surface area contributed by atoms with Crippen LogP contribution in [0.5, 0.6) is 0 Å². The molecule has 0 amide bonds. The van der Waals surface area contributed by atoms with Gasteiger partial charge in [0.25, 0.3) is 5.56 Å². The van der Waals surface area contributed by atoms with Crippen molar-refractivity contribution < 1.29 is 4.39 Å². The number of benzene rings is 2. The van der Waals surface area contributed by atoms with Gasteiger partial charge in [-0.1, -0.05) is 35.5 Å². The molecule has 9 heteroatoms. The maximum atomic E-state index is 13.3. The number of aryl methyl sites for hydroxylation is 1. The molecule has 0 fully saturated rings. The summed E-state index contributed by atoms with van der Waals surface area (Å²) < 4.78 is 17.5. The van der Waals surface area contributed by atoms with Crippen LogP contribution in [0, 0.1) is 5.82 Å². The van der Waals surface area contributed by atoms with Crippen molar-refractivity contribution in [1.29, 1.82) is 0 Å². The summed E-state index contributed by atoms with van der Waals surface area (Å²) in [6.07, 6.45) is 0. The van der Waals surface area contributed by atoms with Gasteiger partial charge in [-0.2, -0.15) is 0 Å². The SMILES string of the molecule is Cn1c(=O)c2c(nc(Sc3ccc(Cl)cc3)n2Cc2ccc(F)cc2)n(C)c1=O. The molecule has 0 saturated carbocycles. The van der Waals surface area contributed by atoms with E-state index in [0.717, 1.165) is 15.0 Å². The first-order chi connectivity index (χ1) is 13.8. The van der Waals surface area contributed by atoms with Crippen molar-refractivity contribution >= 4 is 34.5 Å². The fraction of sp³-hybridized carbons (Fsp3) is 0.150. The first-order valence-corrected chi connectivity index (χ1v) is 9.88. The molecule has 0 radical (unpaired) electrons. The van der Waals surface area contributed by atoms with Crippen LogP contribution in [0.15, 0.2) is 68.2 Å². The molecule has 0 saturated heterocycles. The van der Waals surface area contributed by atoms with Gasteiger partial charge in [0.2, 0.25) is 0 Å². The van der Waals surface area contributed by atoms with Crippen molar-refractivity contribution in [2.45, 2.75) is 16.6 Å². The largest absolute Gasteiger partial charge is 0.332 e. The van der Waals surface area contributed by atoms with Crippen molar-refractivity contribution in [3.05, 3.63) is 85.8 Å². The fourth-order valence-corrected chi connectivity index (χ4v) is 4.04. The molecule has 2 heterocycles. The first kappa shape index (κ1) is 19.5. The molecule has 4 rings (SSSR count). The minimum Gasteiger partial charge on any atom is -0.308 e. The standard InChI is InChI=1S/C20H16ClFN4O2S/c1-24-17-16(18(27)25(2)20(24)28)26(11-12-3-7-14(22)8-4-12)19(23-17)29-15-9-5-13(21)6-10-15/h3-10H,11H2,1-2H3. The monoisotopic (exact) mass is 430 g/mol. The van der Waals surface area contributed by atoms with Gasteiger partial charge in [0.15, 0.2) is 16.3 Å². The zero-order chi connectivity index (χ0) is 20.7. The zero-order valence-corrected chi connectivity index (χ0v) is 17.2. The van der Waals surface area contributed by atoms with Gasteiger partial charge in [-0.15, -0.1) is 0 Å². The van der Waals surface area contributed by atoms with E-state index in [2.05, 4.69) is 4.98 Å². The average Bonchev–Trinajstić information content (AvgIpc) is 3.06. The molecule has 0 aliphatic heterocycles. The van der Waals surface area contributed by atoms with E-state index in [1.54, 1.807) is 35.9 Å². The summed E-state index contributed by atoms with van der Waals surface area (Å²) in [4.78, 5) is 30.7. The lowest BCUT2D eigenvalue weighted by Gasteiger charge is -2.10. The topological polar surface area (TPSA) is 61.8 Å². The first-order valence-electron chi connectivity index (χ1n) is 8.69. The van der Waals surface area contributed by atoms with Gasteiger partial charge in [-0.3, -0.25) is 13.9 Å². The Morgan fingerprint density at radius 3 is 2.31 bits per heavy atom. The van der Waals surface area contributed by atoms with Gasteiger partial charge < -0.3 is 4.57 Å². The van der Waals surface area contributed by atoms with E-state index >= 15 is 0 Å². The Morgan fingerprint density at radius 2 is 1.66 bits per heavy atom. The van der Waals surface area contributed by atoms with E-state index in [1.165, 1.54) is 35.5 Å². The third-order valence-electron chi connectivity index (χ3n) is 4.59. The summed E-state index contributed by atoms with van der Waals surface area (Å²) in [6, 6.07) is 13.3. The van der Waals surface area contributed by atoms with Crippen LogP contribution in [0.25, 0.3) is 11.2 Å². The second kappa shape index (κ2) is 7.53. The molecule has 0 atom stereocenters. The second-order valence-corrected chi connectivity index (χ2v) is 8.02. The number of nitrogens with zero attached hydrogens (tertiary/aromatic N) is 4. The van der Waals surface area contributed by atoms with Gasteiger partial charge in [0, 0.05) is 24.0 Å². The minimum atomic E-state index is -0.447. The lowest BCUT2D eigenvalue weighted by atomic mass is 10.2. The van der Waals surface area contributed by atoms with Gasteiger partial charge in [0.05, 0.1) is 6.54 Å². The predicted octanol–water partition coefficient (Wildman–Crippen LogP) is 3.43. The Morgan fingerprint density at radius 1 is 1.00 bits per heavy atom. The number of imidazole rings is 1. The number of aromatic nitrogens is 4. The van der Waals surface area contributed by atoms with E-state index in [-0.39, 0.29) is 5.82 Å². The van der Waals surface area contributed by atoms with E-state index in [1.807, 2.05) is 12.1 Å². The van der Waals surface area contributed by atoms with Crippen LogP contribution >= 0.6 is 23.4 Å². The molecule has 0 spiro atoms. The fourth-order valence-electron chi connectivity index (χ4n) is 3.03. The number of hydrogen-bond acceptors (Lipinski definition) is 4. The lowest BCUT2D eigenvalue weighted by Crippen LogP contribution is -2.37. The van der Waals surface area contributed by atoms with E-state index in [9.17, 15) is 14.0 Å². The number of rotatable bonds is 4. The third-order valence-corrected chi connectivity index (χ3v) is 5.84. The van der Waals surface area contributed by atoms with Gasteiger partial charge in [-0.25, -0.2) is 14.2 Å². The molecule has 0 aliphatic carbocycles. The average molecular weight is 431 g/mol. The normalized spacial score (nSPS) is 11.3. The van der Waals surface area contributed by atoms with Crippen molar-refractivity contribution in [2.75, 3.05) is 0 Å². The van der Waals surface area contributed by atoms with Crippen LogP contribution in [-0.4, -0.2) is 18.7 Å². The van der Waals surface area contributed by atoms with Gasteiger partial charge >= 0.3 is 5.69 Å². The maximum Gasteiger partial charge on any atom is 0.332 e. The Kier molecular flexibility index (Phi) is 5.06. The molecule has 6 nitrogen and oxygen atoms in total. The maximum absolute atomic E-state index is 13.3. The molecule has 2 aromatic heterocycles. The highest BCUT2D eigenvalue weighted by atomic mass is 35.5. The van der Waals surface area contributed by atoms with Crippen LogP contribution in [0.3, 0.4) is 0 Å². The molecular weight excluding hydrogens is 415 g/mol. The van der Waals surface area contributed by atoms with Crippen molar-refractivity contribution in [3.63, 3.8) is 0 Å². The quantitative estimate of drug-likeness (QED) is 0.497. The van der Waals surface area contributed by atoms with Gasteiger partial charge in [0.1, 0.15) is 5.82 Å². The van der Waals surface area contributed by atoms with Crippen LogP contribution < -0.4 is 11.2 Å². The second-order valence-electron chi connectivity index (χ2n) is 6.54. The van der Waals surface area contributed by atoms with Crippen LogP contribution in [0.4, 0.5) is 4.39 Å². The molecular formula is C20H16ClFN4O2S.